The Morgan fingerprint density at radius 1 is 0.511 bits per heavy atom. The van der Waals surface area contributed by atoms with E-state index in [0.29, 0.717) is 0 Å². The van der Waals surface area contributed by atoms with Crippen LogP contribution in [0.5, 0.6) is 0 Å². The summed E-state index contributed by atoms with van der Waals surface area (Å²) in [4.78, 5) is 13.1. The fraction of sp³-hybridized carbons (Fsp3) is 0.0244. The summed E-state index contributed by atoms with van der Waals surface area (Å²) in [6, 6.07) is 52.8. The molecule has 2 aliphatic rings. The molecule has 0 radical (unpaired) electrons. The summed E-state index contributed by atoms with van der Waals surface area (Å²) < 4.78 is 2.36. The highest BCUT2D eigenvalue weighted by Gasteiger charge is 2.50. The third-order valence-electron chi connectivity index (χ3n) is 9.38. The highest BCUT2D eigenvalue weighted by Crippen LogP contribution is 2.63. The van der Waals surface area contributed by atoms with Crippen LogP contribution in [0.4, 0.5) is 0 Å². The smallest absolute Gasteiger partial charge is 0.160 e. The van der Waals surface area contributed by atoms with E-state index in [1.54, 1.807) is 11.3 Å². The van der Waals surface area contributed by atoms with Crippen LogP contribution < -0.4 is 0 Å². The molecule has 45 heavy (non-hydrogen) atoms. The Bertz CT molecular complexity index is 2460. The summed E-state index contributed by atoms with van der Waals surface area (Å²) >= 11 is 3.66. The molecule has 0 N–H and O–H groups in total. The van der Waals surface area contributed by atoms with Crippen molar-refractivity contribution in [1.29, 1.82) is 0 Å². The van der Waals surface area contributed by atoms with Crippen LogP contribution in [0.15, 0.2) is 155 Å². The maximum atomic E-state index is 5.23. The summed E-state index contributed by atoms with van der Waals surface area (Å²) in [6.45, 7) is 0. The quantitative estimate of drug-likeness (QED) is 0.200. The van der Waals surface area contributed by atoms with Crippen molar-refractivity contribution < 1.29 is 0 Å². The van der Waals surface area contributed by atoms with Gasteiger partial charge >= 0.3 is 0 Å². The van der Waals surface area contributed by atoms with Crippen molar-refractivity contribution >= 4 is 43.4 Å². The lowest BCUT2D eigenvalue weighted by Gasteiger charge is -2.39. The van der Waals surface area contributed by atoms with Gasteiger partial charge in [0.1, 0.15) is 0 Å². The van der Waals surface area contributed by atoms with E-state index in [1.165, 1.54) is 53.3 Å². The number of rotatable bonds is 3. The lowest BCUT2D eigenvalue weighted by Crippen LogP contribution is -2.31. The molecule has 0 spiro atoms. The van der Waals surface area contributed by atoms with Crippen molar-refractivity contribution in [2.45, 2.75) is 15.2 Å². The molecule has 3 heterocycles. The summed E-state index contributed by atoms with van der Waals surface area (Å²) in [7, 11) is 0. The van der Waals surface area contributed by atoms with Crippen LogP contribution in [0.2, 0.25) is 0 Å². The zero-order chi connectivity index (χ0) is 29.5. The molecule has 1 aliphatic carbocycles. The van der Waals surface area contributed by atoms with Crippen molar-refractivity contribution in [3.05, 3.63) is 168 Å². The van der Waals surface area contributed by atoms with Gasteiger partial charge in [-0.05, 0) is 51.6 Å². The summed E-state index contributed by atoms with van der Waals surface area (Å²) in [6.07, 6.45) is 0. The average molecular weight is 609 g/mol. The van der Waals surface area contributed by atoms with Gasteiger partial charge in [-0.15, -0.1) is 11.3 Å². The van der Waals surface area contributed by atoms with Crippen LogP contribution in [0.25, 0.3) is 54.1 Å². The van der Waals surface area contributed by atoms with E-state index >= 15 is 0 Å². The number of hydrogen-bond donors (Lipinski definition) is 0. The molecular formula is C41H24N2S2. The molecule has 0 amide bonds. The van der Waals surface area contributed by atoms with E-state index in [9.17, 15) is 0 Å². The van der Waals surface area contributed by atoms with Gasteiger partial charge in [0.15, 0.2) is 5.82 Å². The first kappa shape index (κ1) is 25.3. The molecule has 2 aromatic heterocycles. The van der Waals surface area contributed by atoms with Gasteiger partial charge in [0.05, 0.1) is 21.3 Å². The molecule has 0 fully saturated rings. The van der Waals surface area contributed by atoms with Crippen molar-refractivity contribution in [2.24, 2.45) is 0 Å². The maximum absolute atomic E-state index is 5.23. The minimum Gasteiger partial charge on any atom is -0.226 e. The van der Waals surface area contributed by atoms with Crippen LogP contribution in [-0.2, 0) is 5.41 Å². The molecule has 210 valence electrons. The number of hydrogen-bond acceptors (Lipinski definition) is 4. The minimum absolute atomic E-state index is 0.382. The van der Waals surface area contributed by atoms with Gasteiger partial charge in [-0.3, -0.25) is 0 Å². The maximum Gasteiger partial charge on any atom is 0.160 e. The van der Waals surface area contributed by atoms with E-state index in [0.717, 1.165) is 32.9 Å². The normalized spacial score (nSPS) is 16.0. The Labute approximate surface area is 269 Å². The standard InChI is InChI=1S/C41H24N2S2/c1-2-11-25(12-3-1)37-39-38(30-14-5-8-18-33(30)45-39)43-40(42-37)26-21-23-27(24-22-26)41-31-16-6-4-13-28(31)29-15-10-20-35(36(29)41)44-34-19-9-7-17-32(34)41/h1-24H. The average Bonchev–Trinajstić information content (AvgIpc) is 3.64. The first-order valence-corrected chi connectivity index (χ1v) is 16.8. The highest BCUT2D eigenvalue weighted by atomic mass is 32.2. The lowest BCUT2D eigenvalue weighted by molar-refractivity contribution is 0.724. The number of aromatic nitrogens is 2. The lowest BCUT2D eigenvalue weighted by atomic mass is 9.67. The van der Waals surface area contributed by atoms with Crippen LogP contribution in [-0.4, -0.2) is 9.97 Å². The second-order valence-electron chi connectivity index (χ2n) is 11.7. The van der Waals surface area contributed by atoms with Crippen molar-refractivity contribution in [3.63, 3.8) is 0 Å². The Morgan fingerprint density at radius 2 is 1.22 bits per heavy atom. The minimum atomic E-state index is -0.382. The summed E-state index contributed by atoms with van der Waals surface area (Å²) in [5.41, 5.74) is 11.8. The van der Waals surface area contributed by atoms with Gasteiger partial charge in [-0.1, -0.05) is 139 Å². The van der Waals surface area contributed by atoms with Gasteiger partial charge in [-0.2, -0.15) is 0 Å². The molecule has 2 nitrogen and oxygen atoms in total. The number of fused-ring (bicyclic) bond motifs is 8. The first-order chi connectivity index (χ1) is 22.3. The third-order valence-corrected chi connectivity index (χ3v) is 11.7. The monoisotopic (exact) mass is 608 g/mol. The number of nitrogens with zero attached hydrogens (tertiary/aromatic N) is 2. The van der Waals surface area contributed by atoms with E-state index in [2.05, 4.69) is 146 Å². The predicted molar refractivity (Wildman–Crippen MR) is 187 cm³/mol. The molecule has 0 bridgehead atoms. The van der Waals surface area contributed by atoms with Crippen LogP contribution in [0.1, 0.15) is 22.3 Å². The van der Waals surface area contributed by atoms with Crippen molar-refractivity contribution in [1.82, 2.24) is 9.97 Å². The Hall–Kier alpha value is -5.03. The summed E-state index contributed by atoms with van der Waals surface area (Å²) in [5.74, 6) is 0.751. The molecular weight excluding hydrogens is 585 g/mol. The van der Waals surface area contributed by atoms with Crippen LogP contribution >= 0.6 is 23.1 Å². The van der Waals surface area contributed by atoms with Gasteiger partial charge in [0.25, 0.3) is 0 Å². The Morgan fingerprint density at radius 3 is 2.11 bits per heavy atom. The van der Waals surface area contributed by atoms with Gasteiger partial charge in [-0.25, -0.2) is 9.97 Å². The molecule has 1 unspecified atom stereocenters. The number of thiophene rings is 1. The van der Waals surface area contributed by atoms with E-state index < -0.39 is 0 Å². The molecule has 10 rings (SSSR count). The predicted octanol–water partition coefficient (Wildman–Crippen LogP) is 11.0. The second-order valence-corrected chi connectivity index (χ2v) is 13.8. The van der Waals surface area contributed by atoms with Crippen molar-refractivity contribution in [2.75, 3.05) is 0 Å². The zero-order valence-electron chi connectivity index (χ0n) is 24.1. The molecule has 1 aliphatic heterocycles. The third kappa shape index (κ3) is 3.47. The second kappa shape index (κ2) is 9.48. The Kier molecular flexibility index (Phi) is 5.33. The van der Waals surface area contributed by atoms with E-state index in [-0.39, 0.29) is 5.41 Å². The van der Waals surface area contributed by atoms with Crippen molar-refractivity contribution in [3.8, 4) is 33.8 Å². The largest absolute Gasteiger partial charge is 0.226 e. The molecule has 1 atom stereocenters. The molecule has 0 saturated carbocycles. The fourth-order valence-corrected chi connectivity index (χ4v) is 9.89. The molecule has 6 aromatic carbocycles. The number of benzene rings is 6. The Balaban J connectivity index is 1.21. The fourth-order valence-electron chi connectivity index (χ4n) is 7.51. The van der Waals surface area contributed by atoms with Crippen LogP contribution in [0, 0.1) is 0 Å². The van der Waals surface area contributed by atoms with Gasteiger partial charge in [0, 0.05) is 31.0 Å². The zero-order valence-corrected chi connectivity index (χ0v) is 25.7. The molecule has 0 saturated heterocycles. The van der Waals surface area contributed by atoms with Gasteiger partial charge in [0.2, 0.25) is 0 Å². The summed E-state index contributed by atoms with van der Waals surface area (Å²) in [5, 5.41) is 1.18. The highest BCUT2D eigenvalue weighted by molar-refractivity contribution is 7.99. The first-order valence-electron chi connectivity index (χ1n) is 15.2. The molecule has 4 heteroatoms. The van der Waals surface area contributed by atoms with E-state index in [4.69, 9.17) is 9.97 Å². The molecule has 8 aromatic rings. The topological polar surface area (TPSA) is 25.8 Å². The van der Waals surface area contributed by atoms with Crippen LogP contribution in [0.3, 0.4) is 0 Å². The SMILES string of the molecule is c1ccc(-c2nc(-c3ccc(C45c6ccccc6Sc6cccc(c64)-c4ccccc45)cc3)nc3c2sc2ccccc23)cc1. The van der Waals surface area contributed by atoms with Gasteiger partial charge < -0.3 is 0 Å². The van der Waals surface area contributed by atoms with E-state index in [1.807, 2.05) is 11.8 Å².